The molecule has 1 heterocycles. The Morgan fingerprint density at radius 3 is 2.75 bits per heavy atom. The number of benzene rings is 1. The van der Waals surface area contributed by atoms with Gasteiger partial charge in [0.25, 0.3) is 0 Å². The van der Waals surface area contributed by atoms with Crippen LogP contribution >= 0.6 is 11.3 Å². The van der Waals surface area contributed by atoms with Crippen LogP contribution in [0.2, 0.25) is 0 Å². The van der Waals surface area contributed by atoms with E-state index in [-0.39, 0.29) is 11.3 Å². The zero-order valence-corrected chi connectivity index (χ0v) is 11.8. The van der Waals surface area contributed by atoms with E-state index in [1.54, 1.807) is 24.4 Å². The summed E-state index contributed by atoms with van der Waals surface area (Å²) < 4.78 is 9.76. The number of thiazole rings is 1. The minimum Gasteiger partial charge on any atom is -0.507 e. The third-order valence-electron chi connectivity index (χ3n) is 2.60. The second-order valence-electron chi connectivity index (χ2n) is 3.81. The Bertz CT molecular complexity index is 635. The van der Waals surface area contributed by atoms with E-state index in [1.807, 2.05) is 5.38 Å². The maximum atomic E-state index is 11.7. The molecule has 2 rings (SSSR count). The number of carbonyl (C=O) groups is 1. The number of aromatic hydroxyl groups is 1. The lowest BCUT2D eigenvalue weighted by molar-refractivity contribution is 0.0597. The summed E-state index contributed by atoms with van der Waals surface area (Å²) in [5.41, 5.74) is 0.602. The fourth-order valence-electron chi connectivity index (χ4n) is 1.67. The number of phenols is 1. The highest BCUT2D eigenvalue weighted by atomic mass is 32.1. The van der Waals surface area contributed by atoms with Crippen LogP contribution in [0.25, 0.3) is 12.2 Å². The first-order chi connectivity index (χ1) is 9.65. The van der Waals surface area contributed by atoms with Gasteiger partial charge in [-0.05, 0) is 17.7 Å². The summed E-state index contributed by atoms with van der Waals surface area (Å²) in [6, 6.07) is 3.02. The zero-order valence-electron chi connectivity index (χ0n) is 11.0. The van der Waals surface area contributed by atoms with Crippen molar-refractivity contribution in [2.75, 3.05) is 14.2 Å². The van der Waals surface area contributed by atoms with E-state index in [2.05, 4.69) is 9.72 Å². The monoisotopic (exact) mass is 291 g/mol. The molecule has 0 aliphatic carbocycles. The minimum atomic E-state index is -0.607. The van der Waals surface area contributed by atoms with Crippen LogP contribution in [0.4, 0.5) is 0 Å². The minimum absolute atomic E-state index is 0.0982. The fourth-order valence-corrected chi connectivity index (χ4v) is 2.20. The first kappa shape index (κ1) is 14.1. The summed E-state index contributed by atoms with van der Waals surface area (Å²) in [7, 11) is 2.75. The Hall–Kier alpha value is -2.34. The molecule has 0 aliphatic rings. The summed E-state index contributed by atoms with van der Waals surface area (Å²) in [5, 5.41) is 12.6. The van der Waals surface area contributed by atoms with Crippen molar-refractivity contribution in [1.82, 2.24) is 4.98 Å². The average molecular weight is 291 g/mol. The normalized spacial score (nSPS) is 10.7. The molecule has 1 aromatic heterocycles. The van der Waals surface area contributed by atoms with Gasteiger partial charge >= 0.3 is 5.97 Å². The molecule has 2 aromatic rings. The Morgan fingerprint density at radius 1 is 1.35 bits per heavy atom. The number of phenolic OH excluding ortho intramolecular Hbond substituents is 1. The molecular formula is C14H13NO4S. The predicted molar refractivity (Wildman–Crippen MR) is 77.0 cm³/mol. The van der Waals surface area contributed by atoms with E-state index < -0.39 is 5.97 Å². The van der Waals surface area contributed by atoms with Gasteiger partial charge in [0.1, 0.15) is 22.1 Å². The summed E-state index contributed by atoms with van der Waals surface area (Å²) >= 11 is 1.47. The highest BCUT2D eigenvalue weighted by Crippen LogP contribution is 2.30. The lowest BCUT2D eigenvalue weighted by atomic mass is 10.1. The van der Waals surface area contributed by atoms with Crippen molar-refractivity contribution in [3.05, 3.63) is 39.8 Å². The van der Waals surface area contributed by atoms with Gasteiger partial charge < -0.3 is 14.6 Å². The maximum absolute atomic E-state index is 11.7. The highest BCUT2D eigenvalue weighted by Gasteiger charge is 2.17. The summed E-state index contributed by atoms with van der Waals surface area (Å²) in [5.74, 6) is -0.340. The molecule has 6 heteroatoms. The third-order valence-corrected chi connectivity index (χ3v) is 3.34. The van der Waals surface area contributed by atoms with Gasteiger partial charge in [-0.2, -0.15) is 0 Å². The molecule has 0 unspecified atom stereocenters. The molecule has 20 heavy (non-hydrogen) atoms. The second-order valence-corrected chi connectivity index (χ2v) is 4.73. The van der Waals surface area contributed by atoms with E-state index in [4.69, 9.17) is 4.74 Å². The molecule has 0 saturated carbocycles. The van der Waals surface area contributed by atoms with Crippen molar-refractivity contribution < 1.29 is 19.4 Å². The second kappa shape index (κ2) is 6.21. The van der Waals surface area contributed by atoms with E-state index in [9.17, 15) is 9.90 Å². The largest absolute Gasteiger partial charge is 0.507 e. The SMILES string of the molecule is COC(=O)c1c(O)cc(OC)cc1/C=C\c1nccs1. The van der Waals surface area contributed by atoms with Gasteiger partial charge in [-0.3, -0.25) is 0 Å². The van der Waals surface area contributed by atoms with Gasteiger partial charge in [-0.15, -0.1) is 11.3 Å². The number of carbonyl (C=O) groups excluding carboxylic acids is 1. The van der Waals surface area contributed by atoms with Crippen LogP contribution in [0.15, 0.2) is 23.7 Å². The first-order valence-electron chi connectivity index (χ1n) is 5.72. The molecule has 1 aromatic carbocycles. The van der Waals surface area contributed by atoms with Crippen LogP contribution in [0.3, 0.4) is 0 Å². The molecule has 0 fully saturated rings. The third kappa shape index (κ3) is 2.97. The predicted octanol–water partition coefficient (Wildman–Crippen LogP) is 2.81. The number of methoxy groups -OCH3 is 2. The first-order valence-corrected chi connectivity index (χ1v) is 6.60. The van der Waals surface area contributed by atoms with Crippen molar-refractivity contribution in [3.63, 3.8) is 0 Å². The number of rotatable bonds is 4. The van der Waals surface area contributed by atoms with E-state index in [0.717, 1.165) is 5.01 Å². The molecule has 104 valence electrons. The van der Waals surface area contributed by atoms with Crippen molar-refractivity contribution in [2.45, 2.75) is 0 Å². The number of hydrogen-bond acceptors (Lipinski definition) is 6. The molecule has 0 atom stereocenters. The molecule has 1 N–H and O–H groups in total. The van der Waals surface area contributed by atoms with E-state index in [0.29, 0.717) is 11.3 Å². The van der Waals surface area contributed by atoms with Crippen molar-refractivity contribution in [1.29, 1.82) is 0 Å². The summed E-state index contributed by atoms with van der Waals surface area (Å²) in [4.78, 5) is 15.9. The molecule has 0 saturated heterocycles. The summed E-state index contributed by atoms with van der Waals surface area (Å²) in [6.07, 6.45) is 5.13. The Labute approximate surface area is 120 Å². The number of esters is 1. The van der Waals surface area contributed by atoms with Crippen molar-refractivity contribution in [3.8, 4) is 11.5 Å². The van der Waals surface area contributed by atoms with Crippen LogP contribution < -0.4 is 4.74 Å². The van der Waals surface area contributed by atoms with Crippen LogP contribution in [0.1, 0.15) is 20.9 Å². The number of hydrogen-bond donors (Lipinski definition) is 1. The van der Waals surface area contributed by atoms with E-state index >= 15 is 0 Å². The van der Waals surface area contributed by atoms with Gasteiger partial charge in [0.05, 0.1) is 14.2 Å². The zero-order chi connectivity index (χ0) is 14.5. The number of ether oxygens (including phenoxy) is 2. The Morgan fingerprint density at radius 2 is 2.15 bits per heavy atom. The molecule has 0 bridgehead atoms. The number of aromatic nitrogens is 1. The molecular weight excluding hydrogens is 278 g/mol. The quantitative estimate of drug-likeness (QED) is 0.877. The lowest BCUT2D eigenvalue weighted by Crippen LogP contribution is -2.04. The fraction of sp³-hybridized carbons (Fsp3) is 0.143. The van der Waals surface area contributed by atoms with Gasteiger partial charge in [0.2, 0.25) is 0 Å². The average Bonchev–Trinajstić information content (AvgIpc) is 2.97. The summed E-state index contributed by atoms with van der Waals surface area (Å²) in [6.45, 7) is 0. The lowest BCUT2D eigenvalue weighted by Gasteiger charge is -2.09. The molecule has 0 spiro atoms. The molecule has 5 nitrogen and oxygen atoms in total. The smallest absolute Gasteiger partial charge is 0.342 e. The van der Waals surface area contributed by atoms with Crippen molar-refractivity contribution in [2.24, 2.45) is 0 Å². The molecule has 0 radical (unpaired) electrons. The van der Waals surface area contributed by atoms with Gasteiger partial charge in [-0.25, -0.2) is 9.78 Å². The highest BCUT2D eigenvalue weighted by molar-refractivity contribution is 7.10. The van der Waals surface area contributed by atoms with Crippen LogP contribution in [-0.4, -0.2) is 30.3 Å². The molecule has 0 aliphatic heterocycles. The van der Waals surface area contributed by atoms with Crippen LogP contribution in [0, 0.1) is 0 Å². The van der Waals surface area contributed by atoms with Crippen molar-refractivity contribution >= 4 is 29.5 Å². The van der Waals surface area contributed by atoms with Gasteiger partial charge in [-0.1, -0.05) is 6.08 Å². The Kier molecular flexibility index (Phi) is 4.37. The molecule has 0 amide bonds. The van der Waals surface area contributed by atoms with Crippen LogP contribution in [0.5, 0.6) is 11.5 Å². The van der Waals surface area contributed by atoms with Gasteiger partial charge in [0.15, 0.2) is 0 Å². The van der Waals surface area contributed by atoms with Gasteiger partial charge in [0, 0.05) is 17.6 Å². The Balaban J connectivity index is 2.48. The number of nitrogens with zero attached hydrogens (tertiary/aromatic N) is 1. The van der Waals surface area contributed by atoms with E-state index in [1.165, 1.54) is 31.6 Å². The topological polar surface area (TPSA) is 68.7 Å². The standard InChI is InChI=1S/C14H13NO4S/c1-18-10-7-9(3-4-12-15-5-6-20-12)13(11(16)8-10)14(17)19-2/h3-8,16H,1-2H3/b4-3-. The maximum Gasteiger partial charge on any atom is 0.342 e. The van der Waals surface area contributed by atoms with Crippen LogP contribution in [-0.2, 0) is 4.74 Å².